The fourth-order valence-corrected chi connectivity index (χ4v) is 6.88. The van der Waals surface area contributed by atoms with Crippen molar-refractivity contribution < 1.29 is 50.2 Å². The molecule has 274 valence electrons. The second kappa shape index (κ2) is 14.5. The van der Waals surface area contributed by atoms with E-state index in [2.05, 4.69) is 16.0 Å². The number of halogens is 2. The van der Waals surface area contributed by atoms with Crippen molar-refractivity contribution in [1.82, 2.24) is 0 Å². The summed E-state index contributed by atoms with van der Waals surface area (Å²) in [6.07, 6.45) is 0. The number of hydrogen-bond acceptors (Lipinski definition) is 8. The first kappa shape index (κ1) is 37.9. The second-order valence-corrected chi connectivity index (χ2v) is 15.3. The molecular formula is C36H23Cl2N3O11S2. The topological polar surface area (TPSA) is 233 Å². The van der Waals surface area contributed by atoms with Crippen LogP contribution in [0.15, 0.2) is 113 Å². The van der Waals surface area contributed by atoms with Gasteiger partial charge in [-0.05, 0) is 77.5 Å². The molecule has 0 aliphatic heterocycles. The Morgan fingerprint density at radius 2 is 0.963 bits per heavy atom. The van der Waals surface area contributed by atoms with Crippen molar-refractivity contribution in [3.05, 3.63) is 135 Å². The molecule has 6 aromatic carbocycles. The molecular weight excluding hydrogens is 785 g/mol. The van der Waals surface area contributed by atoms with Gasteiger partial charge in [0.25, 0.3) is 38.0 Å². The van der Waals surface area contributed by atoms with E-state index in [1.165, 1.54) is 66.7 Å². The van der Waals surface area contributed by atoms with Gasteiger partial charge >= 0.3 is 5.97 Å². The number of aromatic carboxylic acids is 1. The highest BCUT2D eigenvalue weighted by atomic mass is 35.5. The molecule has 0 saturated heterocycles. The Hall–Kier alpha value is -5.88. The molecule has 18 heteroatoms. The van der Waals surface area contributed by atoms with Crippen molar-refractivity contribution in [3.63, 3.8) is 0 Å². The molecule has 14 nitrogen and oxygen atoms in total. The normalized spacial score (nSPS) is 11.6. The van der Waals surface area contributed by atoms with Crippen LogP contribution in [0.3, 0.4) is 0 Å². The molecule has 0 radical (unpaired) electrons. The van der Waals surface area contributed by atoms with Gasteiger partial charge in [0.05, 0.1) is 31.0 Å². The molecule has 0 aromatic heterocycles. The number of amides is 3. The number of carboxylic acids is 1. The molecule has 54 heavy (non-hydrogen) atoms. The summed E-state index contributed by atoms with van der Waals surface area (Å²) in [7, 11) is -9.03. The van der Waals surface area contributed by atoms with Gasteiger partial charge in [0, 0.05) is 39.0 Å². The molecule has 0 fully saturated rings. The van der Waals surface area contributed by atoms with Gasteiger partial charge in [-0.15, -0.1) is 0 Å². The Morgan fingerprint density at radius 1 is 0.519 bits per heavy atom. The van der Waals surface area contributed by atoms with Gasteiger partial charge in [0.1, 0.15) is 0 Å². The second-order valence-electron chi connectivity index (χ2n) is 11.6. The number of rotatable bonds is 9. The predicted octanol–water partition coefficient (Wildman–Crippen LogP) is 7.25. The van der Waals surface area contributed by atoms with E-state index in [0.717, 1.165) is 24.3 Å². The van der Waals surface area contributed by atoms with E-state index in [-0.39, 0.29) is 53.6 Å². The summed E-state index contributed by atoms with van der Waals surface area (Å²) in [4.78, 5) is 52.2. The van der Waals surface area contributed by atoms with Gasteiger partial charge in [-0.3, -0.25) is 23.5 Å². The summed E-state index contributed by atoms with van der Waals surface area (Å²) in [5, 5.41) is 18.9. The number of nitrogens with one attached hydrogen (secondary N) is 3. The van der Waals surface area contributed by atoms with E-state index in [1.54, 1.807) is 12.1 Å². The lowest BCUT2D eigenvalue weighted by Gasteiger charge is -2.14. The number of benzene rings is 6. The van der Waals surface area contributed by atoms with E-state index in [1.807, 2.05) is 0 Å². The van der Waals surface area contributed by atoms with Gasteiger partial charge < -0.3 is 21.1 Å². The molecule has 3 amide bonds. The monoisotopic (exact) mass is 807 g/mol. The van der Waals surface area contributed by atoms with Crippen molar-refractivity contribution in [2.24, 2.45) is 0 Å². The summed E-state index contributed by atoms with van der Waals surface area (Å²) >= 11 is 12.1. The Morgan fingerprint density at radius 3 is 1.39 bits per heavy atom. The molecule has 6 aromatic rings. The maximum absolute atomic E-state index is 13.8. The number of anilines is 3. The molecule has 0 aliphatic carbocycles. The fraction of sp³-hybridized carbons (Fsp3) is 0. The van der Waals surface area contributed by atoms with Crippen LogP contribution in [0, 0.1) is 0 Å². The summed E-state index contributed by atoms with van der Waals surface area (Å²) in [6.45, 7) is 0. The zero-order valence-corrected chi connectivity index (χ0v) is 30.1. The maximum Gasteiger partial charge on any atom is 0.336 e. The zero-order valence-electron chi connectivity index (χ0n) is 27.0. The lowest BCUT2D eigenvalue weighted by molar-refractivity contribution is 0.0692. The third kappa shape index (κ3) is 8.03. The van der Waals surface area contributed by atoms with Crippen molar-refractivity contribution in [3.8, 4) is 0 Å². The summed E-state index contributed by atoms with van der Waals surface area (Å²) in [6, 6.07) is 22.4. The Kier molecular flexibility index (Phi) is 10.2. The average Bonchev–Trinajstić information content (AvgIpc) is 3.11. The standard InChI is InChI=1S/C36H23Cl2N3O11S2/c37-29-16-27(28(36(45)46)17-30(29)38)35(44)39-22-12-20(33(42)40-31-5-1-3-18-14-23(53(47,48)49)7-9-25(18)31)11-21(13-22)34(43)41-32-6-2-4-19-15-24(54(50,51)52)8-10-26(19)32/h1-17H,(H,39,44)(H,40,42)(H,41,43)(H,45,46)(H,47,48,49)(H,50,51,52). The Labute approximate surface area is 315 Å². The van der Waals surface area contributed by atoms with Crippen LogP contribution in [0.2, 0.25) is 10.0 Å². The van der Waals surface area contributed by atoms with Crippen LogP contribution in [0.25, 0.3) is 21.5 Å². The minimum Gasteiger partial charge on any atom is -0.478 e. The van der Waals surface area contributed by atoms with Crippen LogP contribution < -0.4 is 16.0 Å². The first-order chi connectivity index (χ1) is 25.4. The van der Waals surface area contributed by atoms with Crippen LogP contribution in [0.4, 0.5) is 17.1 Å². The van der Waals surface area contributed by atoms with Gasteiger partial charge in [-0.2, -0.15) is 16.8 Å². The molecule has 0 aliphatic rings. The van der Waals surface area contributed by atoms with Gasteiger partial charge in [-0.1, -0.05) is 59.6 Å². The van der Waals surface area contributed by atoms with E-state index < -0.39 is 49.5 Å². The first-order valence-corrected chi connectivity index (χ1v) is 18.8. The summed E-state index contributed by atoms with van der Waals surface area (Å²) < 4.78 is 65.6. The number of hydrogen-bond donors (Lipinski definition) is 6. The van der Waals surface area contributed by atoms with Crippen LogP contribution in [-0.4, -0.2) is 54.7 Å². The Balaban J connectivity index is 1.39. The molecule has 6 N–H and O–H groups in total. The quantitative estimate of drug-likeness (QED) is 0.0796. The minimum absolute atomic E-state index is 0.113. The molecule has 6 rings (SSSR count). The van der Waals surface area contributed by atoms with Crippen molar-refractivity contribution in [2.75, 3.05) is 16.0 Å². The third-order valence-electron chi connectivity index (χ3n) is 8.05. The zero-order chi connectivity index (χ0) is 39.1. The van der Waals surface area contributed by atoms with Crippen LogP contribution in [0.5, 0.6) is 0 Å². The van der Waals surface area contributed by atoms with E-state index in [4.69, 9.17) is 23.2 Å². The molecule has 0 atom stereocenters. The van der Waals surface area contributed by atoms with Crippen LogP contribution in [0.1, 0.15) is 41.4 Å². The summed E-state index contributed by atoms with van der Waals surface area (Å²) in [5.41, 5.74) is -0.844. The summed E-state index contributed by atoms with van der Waals surface area (Å²) in [5.74, 6) is -4.02. The van der Waals surface area contributed by atoms with Gasteiger partial charge in [-0.25, -0.2) is 4.79 Å². The molecule has 0 spiro atoms. The molecule has 0 heterocycles. The maximum atomic E-state index is 13.8. The smallest absolute Gasteiger partial charge is 0.336 e. The number of fused-ring (bicyclic) bond motifs is 2. The molecule has 0 bridgehead atoms. The van der Waals surface area contributed by atoms with Crippen LogP contribution in [-0.2, 0) is 20.2 Å². The van der Waals surface area contributed by atoms with Gasteiger partial charge in [0.2, 0.25) is 0 Å². The SMILES string of the molecule is O=C(Nc1cccc2cc(S(=O)(=O)O)ccc12)c1cc(NC(=O)c2cc(Cl)c(Cl)cc2C(=O)O)cc(C(=O)Nc2cccc3cc(S(=O)(=O)O)ccc23)c1. The van der Waals surface area contributed by atoms with Crippen molar-refractivity contribution >= 4 is 106 Å². The van der Waals surface area contributed by atoms with Gasteiger partial charge in [0.15, 0.2) is 0 Å². The number of carboxylic acid groups (broad SMARTS) is 1. The molecule has 0 saturated carbocycles. The van der Waals surface area contributed by atoms with Crippen LogP contribution >= 0.6 is 23.2 Å². The first-order valence-electron chi connectivity index (χ1n) is 15.2. The highest BCUT2D eigenvalue weighted by Crippen LogP contribution is 2.30. The molecule has 0 unspecified atom stereocenters. The lowest BCUT2D eigenvalue weighted by Crippen LogP contribution is -2.19. The van der Waals surface area contributed by atoms with E-state index in [0.29, 0.717) is 21.5 Å². The number of carbonyl (C=O) groups excluding carboxylic acids is 3. The highest BCUT2D eigenvalue weighted by Gasteiger charge is 2.22. The van der Waals surface area contributed by atoms with Crippen molar-refractivity contribution in [1.29, 1.82) is 0 Å². The lowest BCUT2D eigenvalue weighted by atomic mass is 10.0. The minimum atomic E-state index is -4.52. The van der Waals surface area contributed by atoms with E-state index >= 15 is 0 Å². The third-order valence-corrected chi connectivity index (χ3v) is 10.5. The van der Waals surface area contributed by atoms with E-state index in [9.17, 15) is 50.2 Å². The highest BCUT2D eigenvalue weighted by molar-refractivity contribution is 7.86. The largest absolute Gasteiger partial charge is 0.478 e. The fourth-order valence-electron chi connectivity index (χ4n) is 5.52. The Bertz CT molecular complexity index is 2680. The van der Waals surface area contributed by atoms with Crippen molar-refractivity contribution in [2.45, 2.75) is 9.79 Å². The number of carbonyl (C=O) groups is 4. The average molecular weight is 809 g/mol. The predicted molar refractivity (Wildman–Crippen MR) is 201 cm³/mol.